The zero-order valence-electron chi connectivity index (χ0n) is 14.0. The fraction of sp³-hybridized carbons (Fsp3) is 0.222. The number of nitrogens with one attached hydrogen (secondary N) is 2. The monoisotopic (exact) mass is 327 g/mol. The molecule has 6 heteroatoms. The van der Waals surface area contributed by atoms with Crippen LogP contribution in [0.4, 0.5) is 16.2 Å². The van der Waals surface area contributed by atoms with Gasteiger partial charge in [-0.05, 0) is 42.3 Å². The Balaban J connectivity index is 1.90. The summed E-state index contributed by atoms with van der Waals surface area (Å²) in [6, 6.07) is 14.4. The van der Waals surface area contributed by atoms with Gasteiger partial charge in [0.1, 0.15) is 0 Å². The summed E-state index contributed by atoms with van der Waals surface area (Å²) in [5, 5.41) is 2.74. The molecule has 2 aromatic carbocycles. The van der Waals surface area contributed by atoms with Crippen LogP contribution in [-0.2, 0) is 16.1 Å². The van der Waals surface area contributed by atoms with Crippen molar-refractivity contribution >= 4 is 23.4 Å². The van der Waals surface area contributed by atoms with Gasteiger partial charge in [0.2, 0.25) is 0 Å². The number of amides is 2. The van der Waals surface area contributed by atoms with E-state index in [9.17, 15) is 9.59 Å². The van der Waals surface area contributed by atoms with Crippen LogP contribution in [0.3, 0.4) is 0 Å². The first kappa shape index (κ1) is 17.3. The van der Waals surface area contributed by atoms with Crippen LogP contribution in [-0.4, -0.2) is 31.0 Å². The van der Waals surface area contributed by atoms with Gasteiger partial charge in [-0.2, -0.15) is 0 Å². The van der Waals surface area contributed by atoms with Crippen molar-refractivity contribution in [2.75, 3.05) is 24.9 Å². The minimum absolute atomic E-state index is 0.102. The summed E-state index contributed by atoms with van der Waals surface area (Å²) in [5.74, 6) is -0.410. The number of aryl methyl sites for hydroxylation is 1. The topological polar surface area (TPSA) is 70.7 Å². The van der Waals surface area contributed by atoms with Crippen molar-refractivity contribution in [3.05, 3.63) is 59.7 Å². The van der Waals surface area contributed by atoms with Crippen molar-refractivity contribution < 1.29 is 14.4 Å². The first-order valence-electron chi connectivity index (χ1n) is 7.53. The smallest absolute Gasteiger partial charge is 0.336 e. The second-order valence-corrected chi connectivity index (χ2v) is 5.65. The highest BCUT2D eigenvalue weighted by Crippen LogP contribution is 2.13. The molecule has 0 unspecified atom stereocenters. The maximum Gasteiger partial charge on any atom is 0.336 e. The minimum Gasteiger partial charge on any atom is -0.343 e. The molecule has 0 fully saturated rings. The number of rotatable bonds is 5. The summed E-state index contributed by atoms with van der Waals surface area (Å²) in [6.07, 6.45) is 0.102. The molecule has 126 valence electrons. The van der Waals surface area contributed by atoms with Crippen LogP contribution in [0.1, 0.15) is 11.1 Å². The molecule has 0 aliphatic heterocycles. The number of anilines is 2. The van der Waals surface area contributed by atoms with Gasteiger partial charge in [-0.3, -0.25) is 0 Å². The predicted octanol–water partition coefficient (Wildman–Crippen LogP) is 3.20. The molecule has 0 heterocycles. The highest BCUT2D eigenvalue weighted by molar-refractivity contribution is 5.89. The van der Waals surface area contributed by atoms with Crippen molar-refractivity contribution in [1.29, 1.82) is 0 Å². The Bertz CT molecular complexity index is 729. The Morgan fingerprint density at radius 3 is 2.46 bits per heavy atom. The Morgan fingerprint density at radius 2 is 1.75 bits per heavy atom. The van der Waals surface area contributed by atoms with E-state index in [1.807, 2.05) is 31.2 Å². The predicted molar refractivity (Wildman–Crippen MR) is 93.7 cm³/mol. The van der Waals surface area contributed by atoms with Crippen molar-refractivity contribution in [3.8, 4) is 0 Å². The molecule has 6 nitrogen and oxygen atoms in total. The normalized spacial score (nSPS) is 9.96. The number of hydrogen-bond acceptors (Lipinski definition) is 4. The van der Waals surface area contributed by atoms with Gasteiger partial charge in [0, 0.05) is 19.8 Å². The summed E-state index contributed by atoms with van der Waals surface area (Å²) in [5.41, 5.74) is 5.81. The van der Waals surface area contributed by atoms with Gasteiger partial charge in [0.05, 0.1) is 12.1 Å². The summed E-state index contributed by atoms with van der Waals surface area (Å²) in [4.78, 5) is 30.1. The first-order chi connectivity index (χ1) is 11.4. The Morgan fingerprint density at radius 1 is 1.04 bits per heavy atom. The molecule has 2 amide bonds. The van der Waals surface area contributed by atoms with Crippen LogP contribution in [0.25, 0.3) is 0 Å². The van der Waals surface area contributed by atoms with E-state index in [0.29, 0.717) is 5.69 Å². The molecule has 2 aromatic rings. The summed E-state index contributed by atoms with van der Waals surface area (Å²) >= 11 is 0. The molecule has 2 N–H and O–H groups in total. The molecule has 2 rings (SSSR count). The van der Waals surface area contributed by atoms with Crippen molar-refractivity contribution in [2.24, 2.45) is 0 Å². The molecule has 0 atom stereocenters. The lowest BCUT2D eigenvalue weighted by atomic mass is 10.1. The summed E-state index contributed by atoms with van der Waals surface area (Å²) in [7, 11) is 3.32. The van der Waals surface area contributed by atoms with Gasteiger partial charge >= 0.3 is 12.0 Å². The van der Waals surface area contributed by atoms with Gasteiger partial charge in [-0.15, -0.1) is 0 Å². The Labute approximate surface area is 141 Å². The largest absolute Gasteiger partial charge is 0.343 e. The van der Waals surface area contributed by atoms with Crippen LogP contribution in [0.15, 0.2) is 48.5 Å². The molecule has 0 spiro atoms. The lowest BCUT2D eigenvalue weighted by molar-refractivity contribution is -0.139. The van der Waals surface area contributed by atoms with Crippen LogP contribution in [0.2, 0.25) is 0 Å². The molecule has 0 aliphatic carbocycles. The van der Waals surface area contributed by atoms with Crippen LogP contribution < -0.4 is 10.8 Å². The minimum atomic E-state index is -0.410. The average molecular weight is 327 g/mol. The number of nitrogens with zero attached hydrogens (tertiary/aromatic N) is 1. The van der Waals surface area contributed by atoms with E-state index in [0.717, 1.165) is 16.8 Å². The van der Waals surface area contributed by atoms with E-state index < -0.39 is 5.97 Å². The zero-order chi connectivity index (χ0) is 17.5. The second kappa shape index (κ2) is 8.01. The fourth-order valence-electron chi connectivity index (χ4n) is 2.02. The van der Waals surface area contributed by atoms with E-state index in [1.165, 1.54) is 4.90 Å². The first-order valence-corrected chi connectivity index (χ1v) is 7.53. The van der Waals surface area contributed by atoms with Gasteiger partial charge in [-0.1, -0.05) is 24.3 Å². The summed E-state index contributed by atoms with van der Waals surface area (Å²) in [6.45, 7) is 1.96. The van der Waals surface area contributed by atoms with Crippen LogP contribution in [0.5, 0.6) is 0 Å². The molecule has 0 saturated heterocycles. The highest BCUT2D eigenvalue weighted by atomic mass is 16.7. The third-order valence-electron chi connectivity index (χ3n) is 3.23. The van der Waals surface area contributed by atoms with E-state index in [2.05, 4.69) is 10.8 Å². The van der Waals surface area contributed by atoms with E-state index in [-0.39, 0.29) is 12.5 Å². The zero-order valence-corrected chi connectivity index (χ0v) is 14.0. The molecule has 0 aromatic heterocycles. The fourth-order valence-corrected chi connectivity index (χ4v) is 2.02. The Hall–Kier alpha value is -3.02. The Kier molecular flexibility index (Phi) is 5.78. The van der Waals surface area contributed by atoms with Crippen LogP contribution >= 0.6 is 0 Å². The highest BCUT2D eigenvalue weighted by Gasteiger charge is 2.08. The van der Waals surface area contributed by atoms with Crippen molar-refractivity contribution in [2.45, 2.75) is 13.3 Å². The number of benzene rings is 2. The van der Waals surface area contributed by atoms with Gasteiger partial charge in [0.25, 0.3) is 0 Å². The van der Waals surface area contributed by atoms with E-state index in [1.54, 1.807) is 38.4 Å². The van der Waals surface area contributed by atoms with Crippen LogP contribution in [0, 0.1) is 6.92 Å². The van der Waals surface area contributed by atoms with E-state index in [4.69, 9.17) is 4.84 Å². The molecule has 0 radical (unpaired) electrons. The quantitative estimate of drug-likeness (QED) is 0.827. The maximum atomic E-state index is 11.9. The maximum absolute atomic E-state index is 11.9. The molecular weight excluding hydrogens is 306 g/mol. The van der Waals surface area contributed by atoms with Crippen molar-refractivity contribution in [3.63, 3.8) is 0 Å². The standard InChI is InChI=1S/C18H21N3O3/c1-13-6-4-9-16(10-13)20-24-17(22)12-14-7-5-8-15(11-14)19-18(23)21(2)3/h4-11,20H,12H2,1-3H3,(H,19,23). The van der Waals surface area contributed by atoms with Gasteiger partial charge in [0.15, 0.2) is 0 Å². The van der Waals surface area contributed by atoms with Gasteiger partial charge < -0.3 is 15.1 Å². The third kappa shape index (κ3) is 5.31. The number of hydrogen-bond donors (Lipinski definition) is 2. The second-order valence-electron chi connectivity index (χ2n) is 5.65. The summed E-state index contributed by atoms with van der Waals surface area (Å²) < 4.78 is 0. The number of carbonyl (C=O) groups is 2. The average Bonchev–Trinajstić information content (AvgIpc) is 2.53. The molecule has 24 heavy (non-hydrogen) atoms. The van der Waals surface area contributed by atoms with Crippen molar-refractivity contribution in [1.82, 2.24) is 4.90 Å². The molecule has 0 bridgehead atoms. The SMILES string of the molecule is Cc1cccc(NOC(=O)Cc2cccc(NC(=O)N(C)C)c2)c1. The molecular formula is C18H21N3O3. The number of urea groups is 1. The molecule has 0 aliphatic rings. The lowest BCUT2D eigenvalue weighted by Crippen LogP contribution is -2.27. The lowest BCUT2D eigenvalue weighted by Gasteiger charge is -2.12. The molecule has 0 saturated carbocycles. The third-order valence-corrected chi connectivity index (χ3v) is 3.23. The van der Waals surface area contributed by atoms with Gasteiger partial charge in [-0.25, -0.2) is 15.1 Å². The number of carbonyl (C=O) groups excluding carboxylic acids is 2. The van der Waals surface area contributed by atoms with E-state index >= 15 is 0 Å².